The molecule has 27 heavy (non-hydrogen) atoms. The Labute approximate surface area is 160 Å². The van der Waals surface area contributed by atoms with E-state index in [0.717, 1.165) is 5.56 Å². The molecule has 1 saturated heterocycles. The largest absolute Gasteiger partial charge is 0.401 e. The topological polar surface area (TPSA) is 56.7 Å². The van der Waals surface area contributed by atoms with Gasteiger partial charge in [0.2, 0.25) is 0 Å². The second-order valence-electron chi connectivity index (χ2n) is 6.51. The molecule has 0 amide bonds. The summed E-state index contributed by atoms with van der Waals surface area (Å²) in [4.78, 5) is 5.82. The van der Waals surface area contributed by atoms with Crippen molar-refractivity contribution in [1.82, 2.24) is 15.5 Å². The number of guanidine groups is 1. The van der Waals surface area contributed by atoms with Gasteiger partial charge in [0.25, 0.3) is 0 Å². The maximum absolute atomic E-state index is 12.5. The van der Waals surface area contributed by atoms with Gasteiger partial charge in [-0.05, 0) is 18.9 Å². The van der Waals surface area contributed by atoms with Crippen molar-refractivity contribution in [1.29, 1.82) is 0 Å². The molecule has 1 aliphatic heterocycles. The summed E-state index contributed by atoms with van der Waals surface area (Å²) >= 11 is 0. The maximum atomic E-state index is 12.5. The van der Waals surface area contributed by atoms with Crippen LogP contribution in [0.3, 0.4) is 0 Å². The van der Waals surface area contributed by atoms with E-state index in [4.69, 9.17) is 0 Å². The molecule has 2 rings (SSSR count). The van der Waals surface area contributed by atoms with E-state index in [2.05, 4.69) is 15.6 Å². The van der Waals surface area contributed by atoms with Crippen LogP contribution in [0.1, 0.15) is 18.9 Å². The molecule has 152 valence electrons. The van der Waals surface area contributed by atoms with Crippen LogP contribution in [0.15, 0.2) is 35.3 Å². The van der Waals surface area contributed by atoms with Gasteiger partial charge in [0.1, 0.15) is 0 Å². The standard InChI is InChI=1S/C18H27F3N4OS/c1-2-22-17(24-16-8-10-25(12-16)14-18(19,20)21)23-9-11-27(26)13-15-6-4-3-5-7-15/h3-7,16H,2,8-14H2,1H3,(H2,22,23,24). The molecule has 1 aliphatic rings. The van der Waals surface area contributed by atoms with E-state index in [1.165, 1.54) is 4.90 Å². The predicted octanol–water partition coefficient (Wildman–Crippen LogP) is 2.13. The number of halogens is 3. The SMILES string of the molecule is CCNC(=NCCS(=O)Cc1ccccc1)NC1CCN(CC(F)(F)F)C1. The van der Waals surface area contributed by atoms with E-state index in [1.54, 1.807) is 0 Å². The van der Waals surface area contributed by atoms with Crippen LogP contribution in [0.4, 0.5) is 13.2 Å². The van der Waals surface area contributed by atoms with Crippen LogP contribution in [0.2, 0.25) is 0 Å². The quantitative estimate of drug-likeness (QED) is 0.515. The Balaban J connectivity index is 1.78. The number of hydrogen-bond acceptors (Lipinski definition) is 3. The van der Waals surface area contributed by atoms with E-state index < -0.39 is 23.5 Å². The second kappa shape index (κ2) is 10.7. The number of alkyl halides is 3. The van der Waals surface area contributed by atoms with Crippen LogP contribution in [0.25, 0.3) is 0 Å². The van der Waals surface area contributed by atoms with Crippen molar-refractivity contribution in [2.24, 2.45) is 4.99 Å². The molecule has 1 heterocycles. The summed E-state index contributed by atoms with van der Waals surface area (Å²) in [6, 6.07) is 9.58. The molecular weight excluding hydrogens is 377 g/mol. The van der Waals surface area contributed by atoms with Crippen molar-refractivity contribution in [3.05, 3.63) is 35.9 Å². The molecule has 0 aliphatic carbocycles. The van der Waals surface area contributed by atoms with Crippen LogP contribution >= 0.6 is 0 Å². The Hall–Kier alpha value is -1.61. The zero-order valence-corrected chi connectivity index (χ0v) is 16.3. The fourth-order valence-corrected chi connectivity index (χ4v) is 3.96. The highest BCUT2D eigenvalue weighted by Crippen LogP contribution is 2.19. The van der Waals surface area contributed by atoms with Gasteiger partial charge in [-0.25, -0.2) is 0 Å². The van der Waals surface area contributed by atoms with Crippen LogP contribution in [-0.4, -0.2) is 65.8 Å². The van der Waals surface area contributed by atoms with Gasteiger partial charge in [-0.3, -0.25) is 14.1 Å². The van der Waals surface area contributed by atoms with Gasteiger partial charge in [-0.1, -0.05) is 30.3 Å². The number of aliphatic imine (C=N–C) groups is 1. The van der Waals surface area contributed by atoms with Gasteiger partial charge in [-0.15, -0.1) is 0 Å². The molecule has 5 nitrogen and oxygen atoms in total. The van der Waals surface area contributed by atoms with Gasteiger partial charge in [0.05, 0.1) is 13.1 Å². The molecule has 0 spiro atoms. The van der Waals surface area contributed by atoms with E-state index >= 15 is 0 Å². The van der Waals surface area contributed by atoms with Crippen molar-refractivity contribution in [2.75, 3.05) is 38.5 Å². The number of rotatable bonds is 8. The second-order valence-corrected chi connectivity index (χ2v) is 8.09. The lowest BCUT2D eigenvalue weighted by molar-refractivity contribution is -0.143. The summed E-state index contributed by atoms with van der Waals surface area (Å²) < 4.78 is 49.6. The zero-order chi connectivity index (χ0) is 19.7. The Morgan fingerprint density at radius 2 is 2.07 bits per heavy atom. The summed E-state index contributed by atoms with van der Waals surface area (Å²) in [5, 5.41) is 6.28. The van der Waals surface area contributed by atoms with E-state index in [1.807, 2.05) is 37.3 Å². The number of likely N-dealkylation sites (tertiary alicyclic amines) is 1. The number of nitrogens with zero attached hydrogens (tertiary/aromatic N) is 2. The highest BCUT2D eigenvalue weighted by atomic mass is 32.2. The summed E-state index contributed by atoms with van der Waals surface area (Å²) in [5.74, 6) is 1.50. The van der Waals surface area contributed by atoms with Crippen molar-refractivity contribution in [2.45, 2.75) is 31.3 Å². The lowest BCUT2D eigenvalue weighted by Gasteiger charge is -2.19. The number of hydrogen-bond donors (Lipinski definition) is 2. The number of benzene rings is 1. The predicted molar refractivity (Wildman–Crippen MR) is 103 cm³/mol. The molecule has 2 N–H and O–H groups in total. The molecule has 0 saturated carbocycles. The highest BCUT2D eigenvalue weighted by Gasteiger charge is 2.34. The fourth-order valence-electron chi connectivity index (χ4n) is 2.95. The Morgan fingerprint density at radius 1 is 1.33 bits per heavy atom. The molecule has 1 aromatic rings. The van der Waals surface area contributed by atoms with Crippen molar-refractivity contribution < 1.29 is 17.4 Å². The molecule has 1 aromatic carbocycles. The molecule has 0 aromatic heterocycles. The Kier molecular flexibility index (Phi) is 8.56. The average Bonchev–Trinajstić information content (AvgIpc) is 3.01. The first kappa shape index (κ1) is 21.7. The van der Waals surface area contributed by atoms with E-state index in [9.17, 15) is 17.4 Å². The van der Waals surface area contributed by atoms with E-state index in [0.29, 0.717) is 50.1 Å². The Morgan fingerprint density at radius 3 is 2.74 bits per heavy atom. The van der Waals surface area contributed by atoms with Crippen molar-refractivity contribution in [3.8, 4) is 0 Å². The van der Waals surface area contributed by atoms with E-state index in [-0.39, 0.29) is 6.04 Å². The summed E-state index contributed by atoms with van der Waals surface area (Å²) in [6.45, 7) is 2.85. The van der Waals surface area contributed by atoms with Gasteiger partial charge in [0.15, 0.2) is 5.96 Å². The van der Waals surface area contributed by atoms with Gasteiger partial charge in [0, 0.05) is 48.0 Å². The Bertz CT molecular complexity index is 625. The van der Waals surface area contributed by atoms with Crippen LogP contribution in [0, 0.1) is 0 Å². The lowest BCUT2D eigenvalue weighted by Crippen LogP contribution is -2.45. The first-order valence-corrected chi connectivity index (χ1v) is 10.6. The van der Waals surface area contributed by atoms with Crippen LogP contribution in [0.5, 0.6) is 0 Å². The third kappa shape index (κ3) is 8.75. The van der Waals surface area contributed by atoms with Crippen LogP contribution in [-0.2, 0) is 16.6 Å². The first-order valence-electron chi connectivity index (χ1n) is 9.08. The number of nitrogens with one attached hydrogen (secondary N) is 2. The minimum atomic E-state index is -4.17. The summed E-state index contributed by atoms with van der Waals surface area (Å²) in [7, 11) is -1.01. The maximum Gasteiger partial charge on any atom is 0.401 e. The molecule has 9 heteroatoms. The third-order valence-corrected chi connectivity index (χ3v) is 5.41. The molecule has 2 unspecified atom stereocenters. The van der Waals surface area contributed by atoms with Crippen molar-refractivity contribution >= 4 is 16.8 Å². The monoisotopic (exact) mass is 404 g/mol. The first-order chi connectivity index (χ1) is 12.9. The third-order valence-electron chi connectivity index (χ3n) is 4.12. The normalized spacial score (nSPS) is 19.9. The molecular formula is C18H27F3N4OS. The zero-order valence-electron chi connectivity index (χ0n) is 15.5. The minimum absolute atomic E-state index is 0.0695. The summed E-state index contributed by atoms with van der Waals surface area (Å²) in [6.07, 6.45) is -3.53. The fraction of sp³-hybridized carbons (Fsp3) is 0.611. The lowest BCUT2D eigenvalue weighted by atomic mass is 10.2. The summed E-state index contributed by atoms with van der Waals surface area (Å²) in [5.41, 5.74) is 1.03. The van der Waals surface area contributed by atoms with Crippen molar-refractivity contribution in [3.63, 3.8) is 0 Å². The van der Waals surface area contributed by atoms with Gasteiger partial charge < -0.3 is 10.6 Å². The van der Waals surface area contributed by atoms with Gasteiger partial charge >= 0.3 is 6.18 Å². The molecule has 1 fully saturated rings. The minimum Gasteiger partial charge on any atom is -0.357 e. The highest BCUT2D eigenvalue weighted by molar-refractivity contribution is 7.84. The van der Waals surface area contributed by atoms with Crippen LogP contribution < -0.4 is 10.6 Å². The molecule has 0 bridgehead atoms. The smallest absolute Gasteiger partial charge is 0.357 e. The average molecular weight is 405 g/mol. The van der Waals surface area contributed by atoms with Gasteiger partial charge in [-0.2, -0.15) is 13.2 Å². The molecule has 2 atom stereocenters. The molecule has 0 radical (unpaired) electrons.